The Bertz CT molecular complexity index is 655. The van der Waals surface area contributed by atoms with E-state index in [1.807, 2.05) is 43.8 Å². The fourth-order valence-electron chi connectivity index (χ4n) is 2.09. The van der Waals surface area contributed by atoms with Crippen molar-refractivity contribution < 1.29 is 0 Å². The highest BCUT2D eigenvalue weighted by molar-refractivity contribution is 9.10. The average molecular weight is 310 g/mol. The van der Waals surface area contributed by atoms with E-state index in [1.165, 1.54) is 0 Å². The zero-order valence-corrected chi connectivity index (χ0v) is 12.3. The summed E-state index contributed by atoms with van der Waals surface area (Å²) in [7, 11) is 1.85. The zero-order valence-electron chi connectivity index (χ0n) is 10.7. The zero-order chi connectivity index (χ0) is 13.4. The third-order valence-electron chi connectivity index (χ3n) is 3.16. The van der Waals surface area contributed by atoms with Crippen molar-refractivity contribution in [1.29, 1.82) is 0 Å². The molecule has 5 heteroatoms. The minimum atomic E-state index is -0.162. The largest absolute Gasteiger partial charge is 0.393 e. The van der Waals surface area contributed by atoms with Crippen molar-refractivity contribution in [1.82, 2.24) is 9.36 Å². The van der Waals surface area contributed by atoms with Crippen molar-refractivity contribution in [3.8, 4) is 5.69 Å². The molecule has 18 heavy (non-hydrogen) atoms. The Morgan fingerprint density at radius 2 is 2.06 bits per heavy atom. The van der Waals surface area contributed by atoms with Crippen LogP contribution in [0, 0.1) is 6.92 Å². The van der Waals surface area contributed by atoms with Crippen LogP contribution in [0.2, 0.25) is 0 Å². The topological polar surface area (TPSA) is 53.0 Å². The average Bonchev–Trinajstić information content (AvgIpc) is 2.54. The molecule has 0 aliphatic rings. The van der Waals surface area contributed by atoms with E-state index in [9.17, 15) is 4.79 Å². The van der Waals surface area contributed by atoms with Crippen LogP contribution in [0.15, 0.2) is 27.5 Å². The highest BCUT2D eigenvalue weighted by Gasteiger charge is 2.15. The highest BCUT2D eigenvalue weighted by Crippen LogP contribution is 2.20. The fourth-order valence-corrected chi connectivity index (χ4v) is 2.46. The molecule has 0 aliphatic carbocycles. The monoisotopic (exact) mass is 309 g/mol. The number of nitrogen functional groups attached to an aromatic ring is 1. The van der Waals surface area contributed by atoms with E-state index in [-0.39, 0.29) is 5.56 Å². The normalized spacial score (nSPS) is 10.9. The summed E-state index contributed by atoms with van der Waals surface area (Å²) in [6, 6.07) is 5.82. The van der Waals surface area contributed by atoms with Crippen LogP contribution in [0.5, 0.6) is 0 Å². The molecule has 0 amide bonds. The molecule has 2 N–H and O–H groups in total. The predicted molar refractivity (Wildman–Crippen MR) is 77.2 cm³/mol. The van der Waals surface area contributed by atoms with E-state index < -0.39 is 0 Å². The summed E-state index contributed by atoms with van der Waals surface area (Å²) >= 11 is 3.48. The first kappa shape index (κ1) is 13.0. The van der Waals surface area contributed by atoms with Gasteiger partial charge in [0.25, 0.3) is 5.56 Å². The Labute approximate surface area is 114 Å². The Morgan fingerprint density at radius 3 is 2.56 bits per heavy atom. The second-order valence-electron chi connectivity index (χ2n) is 4.29. The molecule has 0 unspecified atom stereocenters. The Morgan fingerprint density at radius 1 is 1.39 bits per heavy atom. The van der Waals surface area contributed by atoms with Gasteiger partial charge in [0.15, 0.2) is 0 Å². The lowest BCUT2D eigenvalue weighted by molar-refractivity contribution is 0.618. The second-order valence-corrected chi connectivity index (χ2v) is 5.14. The summed E-state index contributed by atoms with van der Waals surface area (Å²) in [5.74, 6) is 0. The molecule has 1 aromatic heterocycles. The number of halogens is 1. The summed E-state index contributed by atoms with van der Waals surface area (Å²) in [5, 5.41) is 0. The molecule has 1 heterocycles. The van der Waals surface area contributed by atoms with Crippen molar-refractivity contribution in [2.45, 2.75) is 20.3 Å². The van der Waals surface area contributed by atoms with Gasteiger partial charge in [-0.1, -0.05) is 28.9 Å². The number of aromatic nitrogens is 2. The number of aryl methyl sites for hydroxylation is 1. The highest BCUT2D eigenvalue weighted by atomic mass is 79.9. The van der Waals surface area contributed by atoms with Gasteiger partial charge in [-0.3, -0.25) is 9.48 Å². The van der Waals surface area contributed by atoms with Crippen LogP contribution in [0.1, 0.15) is 18.2 Å². The maximum atomic E-state index is 12.2. The summed E-state index contributed by atoms with van der Waals surface area (Å²) in [6.45, 7) is 3.99. The molecule has 96 valence electrons. The van der Waals surface area contributed by atoms with Crippen molar-refractivity contribution in [3.05, 3.63) is 44.3 Å². The van der Waals surface area contributed by atoms with E-state index in [4.69, 9.17) is 5.73 Å². The third kappa shape index (κ3) is 1.88. The number of nitrogens with two attached hydrogens (primary N) is 1. The van der Waals surface area contributed by atoms with Crippen LogP contribution >= 0.6 is 15.9 Å². The Kier molecular flexibility index (Phi) is 3.34. The fraction of sp³-hybridized carbons (Fsp3) is 0.308. The number of benzene rings is 1. The van der Waals surface area contributed by atoms with Gasteiger partial charge in [0.1, 0.15) is 5.69 Å². The molecule has 0 spiro atoms. The van der Waals surface area contributed by atoms with Crippen LogP contribution in [-0.2, 0) is 13.5 Å². The standard InChI is InChI=1S/C13H16BrN3O/c1-4-11-12(15)13(18)17(16(11)3)9-6-5-8(2)10(14)7-9/h5-7H,4,15H2,1-3H3. The Hall–Kier alpha value is -1.49. The summed E-state index contributed by atoms with van der Waals surface area (Å²) < 4.78 is 4.39. The number of hydrogen-bond donors (Lipinski definition) is 1. The van der Waals surface area contributed by atoms with Crippen LogP contribution in [0.4, 0.5) is 5.69 Å². The van der Waals surface area contributed by atoms with Crippen LogP contribution < -0.4 is 11.3 Å². The van der Waals surface area contributed by atoms with Gasteiger partial charge in [-0.05, 0) is 31.0 Å². The molecule has 1 aromatic carbocycles. The minimum absolute atomic E-state index is 0.162. The lowest BCUT2D eigenvalue weighted by atomic mass is 10.2. The molecular formula is C13H16BrN3O. The molecule has 0 bridgehead atoms. The lowest BCUT2D eigenvalue weighted by Crippen LogP contribution is -2.20. The molecule has 0 saturated carbocycles. The van der Waals surface area contributed by atoms with Crippen molar-refractivity contribution in [2.75, 3.05) is 5.73 Å². The van der Waals surface area contributed by atoms with Gasteiger partial charge in [-0.15, -0.1) is 0 Å². The molecule has 0 fully saturated rings. The Balaban J connectivity index is 2.71. The van der Waals surface area contributed by atoms with Crippen molar-refractivity contribution in [2.24, 2.45) is 7.05 Å². The molecule has 2 rings (SSSR count). The maximum Gasteiger partial charge on any atom is 0.294 e. The second kappa shape index (κ2) is 4.65. The third-order valence-corrected chi connectivity index (χ3v) is 4.01. The van der Waals surface area contributed by atoms with Crippen LogP contribution in [0.25, 0.3) is 5.69 Å². The van der Waals surface area contributed by atoms with Crippen molar-refractivity contribution in [3.63, 3.8) is 0 Å². The van der Waals surface area contributed by atoms with E-state index >= 15 is 0 Å². The van der Waals surface area contributed by atoms with Gasteiger partial charge in [-0.25, -0.2) is 4.68 Å². The molecule has 0 aliphatic heterocycles. The molecule has 0 radical (unpaired) electrons. The minimum Gasteiger partial charge on any atom is -0.393 e. The summed E-state index contributed by atoms with van der Waals surface area (Å²) in [4.78, 5) is 12.2. The predicted octanol–water partition coefficient (Wildman–Crippen LogP) is 2.39. The van der Waals surface area contributed by atoms with E-state index in [2.05, 4.69) is 15.9 Å². The first-order valence-electron chi connectivity index (χ1n) is 5.80. The maximum absolute atomic E-state index is 12.2. The van der Waals surface area contributed by atoms with E-state index in [1.54, 1.807) is 4.68 Å². The summed E-state index contributed by atoms with van der Waals surface area (Å²) in [6.07, 6.45) is 0.734. The molecule has 0 atom stereocenters. The number of rotatable bonds is 2. The van der Waals surface area contributed by atoms with Gasteiger partial charge >= 0.3 is 0 Å². The number of nitrogens with zero attached hydrogens (tertiary/aromatic N) is 2. The van der Waals surface area contributed by atoms with Gasteiger partial charge in [0.05, 0.1) is 11.4 Å². The molecular weight excluding hydrogens is 294 g/mol. The van der Waals surface area contributed by atoms with Crippen LogP contribution in [0.3, 0.4) is 0 Å². The van der Waals surface area contributed by atoms with Gasteiger partial charge in [0.2, 0.25) is 0 Å². The van der Waals surface area contributed by atoms with Gasteiger partial charge < -0.3 is 5.73 Å². The first-order valence-corrected chi connectivity index (χ1v) is 6.59. The van der Waals surface area contributed by atoms with E-state index in [0.717, 1.165) is 27.8 Å². The smallest absolute Gasteiger partial charge is 0.294 e. The molecule has 2 aromatic rings. The number of anilines is 1. The molecule has 4 nitrogen and oxygen atoms in total. The van der Waals surface area contributed by atoms with Crippen LogP contribution in [-0.4, -0.2) is 9.36 Å². The lowest BCUT2D eigenvalue weighted by Gasteiger charge is -2.10. The van der Waals surface area contributed by atoms with Gasteiger partial charge in [0, 0.05) is 11.5 Å². The van der Waals surface area contributed by atoms with Crippen molar-refractivity contribution >= 4 is 21.6 Å². The molecule has 0 saturated heterocycles. The SMILES string of the molecule is CCc1c(N)c(=O)n(-c2ccc(C)c(Br)c2)n1C. The quantitative estimate of drug-likeness (QED) is 0.926. The number of hydrogen-bond acceptors (Lipinski definition) is 2. The summed E-state index contributed by atoms with van der Waals surface area (Å²) in [5.41, 5.74) is 8.82. The van der Waals surface area contributed by atoms with E-state index in [0.29, 0.717) is 5.69 Å². The first-order chi connectivity index (χ1) is 8.47. The van der Waals surface area contributed by atoms with Gasteiger partial charge in [-0.2, -0.15) is 0 Å².